The molecule has 0 aliphatic carbocycles. The summed E-state index contributed by atoms with van der Waals surface area (Å²) in [6.07, 6.45) is -0.808. The van der Waals surface area contributed by atoms with E-state index in [1.165, 1.54) is 12.1 Å². The zero-order valence-corrected chi connectivity index (χ0v) is 13.8. The lowest BCUT2D eigenvalue weighted by molar-refractivity contribution is 0.156. The molecule has 0 spiro atoms. The van der Waals surface area contributed by atoms with Crippen molar-refractivity contribution in [3.63, 3.8) is 0 Å². The number of carbonyl (C=O) groups is 1. The van der Waals surface area contributed by atoms with E-state index in [1.807, 2.05) is 7.05 Å². The van der Waals surface area contributed by atoms with Gasteiger partial charge in [0.05, 0.1) is 6.10 Å². The number of amides is 2. The lowest BCUT2D eigenvalue weighted by atomic mass is 10.0. The number of urea groups is 1. The molecule has 124 valence electrons. The van der Waals surface area contributed by atoms with E-state index in [9.17, 15) is 15.0 Å². The van der Waals surface area contributed by atoms with E-state index in [0.717, 1.165) is 6.54 Å². The predicted molar refractivity (Wildman–Crippen MR) is 86.9 cm³/mol. The minimum atomic E-state index is -0.808. The van der Waals surface area contributed by atoms with Crippen LogP contribution in [-0.2, 0) is 0 Å². The highest BCUT2D eigenvalue weighted by molar-refractivity contribution is 5.73. The first kappa shape index (κ1) is 18.3. The number of hydrogen-bond donors (Lipinski definition) is 4. The van der Waals surface area contributed by atoms with Gasteiger partial charge in [-0.05, 0) is 45.1 Å². The second-order valence-electron chi connectivity index (χ2n) is 6.00. The van der Waals surface area contributed by atoms with Crippen molar-refractivity contribution in [2.45, 2.75) is 32.4 Å². The lowest BCUT2D eigenvalue weighted by Crippen LogP contribution is -2.51. The van der Waals surface area contributed by atoms with E-state index < -0.39 is 6.10 Å². The van der Waals surface area contributed by atoms with E-state index in [-0.39, 0.29) is 23.9 Å². The van der Waals surface area contributed by atoms with Gasteiger partial charge in [0.1, 0.15) is 5.75 Å². The Morgan fingerprint density at radius 2 is 1.86 bits per heavy atom. The minimum Gasteiger partial charge on any atom is -0.508 e. The number of carbonyl (C=O) groups excluding carboxylic acids is 1. The maximum absolute atomic E-state index is 11.8. The van der Waals surface area contributed by atoms with Crippen molar-refractivity contribution in [3.05, 3.63) is 29.8 Å². The number of nitrogens with one attached hydrogen (secondary N) is 2. The summed E-state index contributed by atoms with van der Waals surface area (Å²) in [5.41, 5.74) is 0.505. The number of phenolic OH excluding ortho intramolecular Hbond substituents is 1. The van der Waals surface area contributed by atoms with Crippen LogP contribution >= 0.6 is 0 Å². The fourth-order valence-corrected chi connectivity index (χ4v) is 1.93. The molecule has 0 saturated carbocycles. The van der Waals surface area contributed by atoms with Gasteiger partial charge >= 0.3 is 6.03 Å². The number of aromatic hydroxyl groups is 1. The van der Waals surface area contributed by atoms with Crippen LogP contribution in [-0.4, -0.2) is 53.4 Å². The quantitative estimate of drug-likeness (QED) is 0.614. The molecule has 0 aliphatic rings. The maximum Gasteiger partial charge on any atom is 0.314 e. The maximum atomic E-state index is 11.8. The number of nitrogens with zero attached hydrogens (tertiary/aromatic N) is 1. The topological polar surface area (TPSA) is 84.8 Å². The van der Waals surface area contributed by atoms with Crippen LogP contribution in [0, 0.1) is 0 Å². The number of hydrogen-bond acceptors (Lipinski definition) is 4. The van der Waals surface area contributed by atoms with Gasteiger partial charge in [-0.15, -0.1) is 0 Å². The van der Waals surface area contributed by atoms with E-state index >= 15 is 0 Å². The Morgan fingerprint density at radius 3 is 2.41 bits per heavy atom. The lowest BCUT2D eigenvalue weighted by Gasteiger charge is -2.34. The summed E-state index contributed by atoms with van der Waals surface area (Å²) in [5.74, 6) is 0.143. The summed E-state index contributed by atoms with van der Waals surface area (Å²) >= 11 is 0. The molecule has 2 amide bonds. The first-order chi connectivity index (χ1) is 10.3. The molecule has 0 aromatic heterocycles. The molecule has 0 radical (unpaired) electrons. The Balaban J connectivity index is 2.38. The third-order valence-electron chi connectivity index (χ3n) is 3.92. The molecular weight excluding hydrogens is 282 g/mol. The molecule has 4 N–H and O–H groups in total. The van der Waals surface area contributed by atoms with Crippen molar-refractivity contribution in [3.8, 4) is 5.75 Å². The third-order valence-corrected chi connectivity index (χ3v) is 3.92. The van der Waals surface area contributed by atoms with Crippen LogP contribution in [0.1, 0.15) is 32.4 Å². The standard InChI is InChI=1S/C16H27N3O3/c1-5-19(4)16(2,3)11-18-15(22)17-10-14(21)12-6-8-13(20)9-7-12/h6-9,14,20-21H,5,10-11H2,1-4H3,(H2,17,18,22)/t14-/m0/s1. The molecule has 1 aromatic carbocycles. The molecule has 0 bridgehead atoms. The van der Waals surface area contributed by atoms with Crippen LogP contribution in [0.5, 0.6) is 5.75 Å². The smallest absolute Gasteiger partial charge is 0.314 e. The molecule has 6 nitrogen and oxygen atoms in total. The van der Waals surface area contributed by atoms with E-state index in [1.54, 1.807) is 12.1 Å². The zero-order chi connectivity index (χ0) is 16.8. The van der Waals surface area contributed by atoms with E-state index in [4.69, 9.17) is 0 Å². The van der Waals surface area contributed by atoms with E-state index in [0.29, 0.717) is 12.1 Å². The van der Waals surface area contributed by atoms with Crippen LogP contribution in [0.2, 0.25) is 0 Å². The van der Waals surface area contributed by atoms with Gasteiger partial charge in [0, 0.05) is 18.6 Å². The molecule has 0 fully saturated rings. The average Bonchev–Trinajstić information content (AvgIpc) is 2.50. The Labute approximate surface area is 132 Å². The molecule has 1 atom stereocenters. The summed E-state index contributed by atoms with van der Waals surface area (Å²) in [4.78, 5) is 14.0. The SMILES string of the molecule is CCN(C)C(C)(C)CNC(=O)NC[C@H](O)c1ccc(O)cc1. The first-order valence-corrected chi connectivity index (χ1v) is 7.46. The van der Waals surface area contributed by atoms with Gasteiger partial charge in [-0.3, -0.25) is 4.90 Å². The number of likely N-dealkylation sites (N-methyl/N-ethyl adjacent to an activating group) is 1. The fraction of sp³-hybridized carbons (Fsp3) is 0.562. The first-order valence-electron chi connectivity index (χ1n) is 7.46. The Morgan fingerprint density at radius 1 is 1.27 bits per heavy atom. The third kappa shape index (κ3) is 5.54. The van der Waals surface area contributed by atoms with Crippen molar-refractivity contribution >= 4 is 6.03 Å². The van der Waals surface area contributed by atoms with Crippen molar-refractivity contribution in [1.29, 1.82) is 0 Å². The largest absolute Gasteiger partial charge is 0.508 e. The fourth-order valence-electron chi connectivity index (χ4n) is 1.93. The summed E-state index contributed by atoms with van der Waals surface area (Å²) in [6, 6.07) is 5.94. The van der Waals surface area contributed by atoms with Crippen molar-refractivity contribution in [2.75, 3.05) is 26.7 Å². The zero-order valence-electron chi connectivity index (χ0n) is 13.8. The van der Waals surface area contributed by atoms with Crippen LogP contribution in [0.25, 0.3) is 0 Å². The highest BCUT2D eigenvalue weighted by Gasteiger charge is 2.22. The molecule has 0 aliphatic heterocycles. The highest BCUT2D eigenvalue weighted by atomic mass is 16.3. The summed E-state index contributed by atoms with van der Waals surface area (Å²) < 4.78 is 0. The van der Waals surface area contributed by atoms with Crippen LogP contribution < -0.4 is 10.6 Å². The summed E-state index contributed by atoms with van der Waals surface area (Å²) in [6.45, 7) is 7.70. The van der Waals surface area contributed by atoms with Gasteiger partial charge < -0.3 is 20.8 Å². The molecule has 0 unspecified atom stereocenters. The van der Waals surface area contributed by atoms with Gasteiger partial charge in [-0.1, -0.05) is 19.1 Å². The molecule has 22 heavy (non-hydrogen) atoms. The normalized spacial score (nSPS) is 13.0. The number of phenols is 1. The Bertz CT molecular complexity index is 474. The van der Waals surface area contributed by atoms with E-state index in [2.05, 4.69) is 36.3 Å². The average molecular weight is 309 g/mol. The Kier molecular flexibility index (Phi) is 6.64. The molecule has 0 heterocycles. The van der Waals surface area contributed by atoms with Gasteiger partial charge in [-0.25, -0.2) is 4.79 Å². The molecular formula is C16H27N3O3. The van der Waals surface area contributed by atoms with Crippen molar-refractivity contribution in [1.82, 2.24) is 15.5 Å². The summed E-state index contributed by atoms with van der Waals surface area (Å²) in [7, 11) is 2.01. The van der Waals surface area contributed by atoms with Gasteiger partial charge in [-0.2, -0.15) is 0 Å². The Hall–Kier alpha value is -1.79. The van der Waals surface area contributed by atoms with Crippen molar-refractivity contribution in [2.24, 2.45) is 0 Å². The predicted octanol–water partition coefficient (Wildman–Crippen LogP) is 1.46. The van der Waals surface area contributed by atoms with Gasteiger partial charge in [0.25, 0.3) is 0 Å². The van der Waals surface area contributed by atoms with Gasteiger partial charge in [0.2, 0.25) is 0 Å². The summed E-state index contributed by atoms with van der Waals surface area (Å²) in [5, 5.41) is 24.6. The molecule has 1 rings (SSSR count). The minimum absolute atomic E-state index is 0.112. The molecule has 0 saturated heterocycles. The number of aliphatic hydroxyl groups is 1. The molecule has 6 heteroatoms. The second kappa shape index (κ2) is 8.00. The van der Waals surface area contributed by atoms with Crippen LogP contribution in [0.4, 0.5) is 4.79 Å². The van der Waals surface area contributed by atoms with Crippen LogP contribution in [0.3, 0.4) is 0 Å². The highest BCUT2D eigenvalue weighted by Crippen LogP contribution is 2.16. The number of benzene rings is 1. The van der Waals surface area contributed by atoms with Crippen LogP contribution in [0.15, 0.2) is 24.3 Å². The monoisotopic (exact) mass is 309 g/mol. The van der Waals surface area contributed by atoms with Gasteiger partial charge in [0.15, 0.2) is 0 Å². The number of rotatable bonds is 7. The molecule has 1 aromatic rings. The number of aliphatic hydroxyl groups excluding tert-OH is 1. The van der Waals surface area contributed by atoms with Crippen molar-refractivity contribution < 1.29 is 15.0 Å². The second-order valence-corrected chi connectivity index (χ2v) is 6.00.